The molecule has 0 fully saturated rings. The minimum atomic E-state index is -5.42. The van der Waals surface area contributed by atoms with E-state index in [9.17, 15) is 21.8 Å². The van der Waals surface area contributed by atoms with Gasteiger partial charge in [0.2, 0.25) is 0 Å². The van der Waals surface area contributed by atoms with Crippen LogP contribution < -0.4 is 4.90 Å². The zero-order valence-corrected chi connectivity index (χ0v) is 10.3. The van der Waals surface area contributed by atoms with Gasteiger partial charge in [-0.1, -0.05) is 0 Å². The molecule has 94 valence electrons. The Morgan fingerprint density at radius 3 is 1.33 bits per heavy atom. The van der Waals surface area contributed by atoms with Crippen LogP contribution in [0.4, 0.5) is 8.78 Å². The molecule has 0 saturated heterocycles. The highest BCUT2D eigenvalue weighted by Gasteiger charge is 2.29. The summed E-state index contributed by atoms with van der Waals surface area (Å²) in [6, 6.07) is 0. The number of quaternary nitrogens is 1. The standard InChI is InChI=1S/C6H15N.C2H4F2O3S/c1-4-7(5-2)6-3;1-2(3,4)8(5,6)7/h4-6H2,1-3H3;1H3,(H,5,6,7). The van der Waals surface area contributed by atoms with Crippen molar-refractivity contribution >= 4 is 10.1 Å². The molecular formula is C8H19F2NO3S. The molecule has 0 rings (SSSR count). The summed E-state index contributed by atoms with van der Waals surface area (Å²) in [5.74, 6) is 0. The van der Waals surface area contributed by atoms with Crippen molar-refractivity contribution in [3.05, 3.63) is 0 Å². The third-order valence-electron chi connectivity index (χ3n) is 1.94. The van der Waals surface area contributed by atoms with Crippen molar-refractivity contribution in [2.24, 2.45) is 0 Å². The smallest absolute Gasteiger partial charge is 0.331 e. The van der Waals surface area contributed by atoms with Crippen LogP contribution in [0.1, 0.15) is 27.7 Å². The average Bonchev–Trinajstić information content (AvgIpc) is 2.05. The van der Waals surface area contributed by atoms with E-state index >= 15 is 0 Å². The van der Waals surface area contributed by atoms with Crippen molar-refractivity contribution in [2.45, 2.75) is 32.9 Å². The number of hydrogen-bond acceptors (Lipinski definition) is 3. The molecule has 0 aliphatic heterocycles. The highest BCUT2D eigenvalue weighted by atomic mass is 32.2. The van der Waals surface area contributed by atoms with Crippen molar-refractivity contribution in [1.29, 1.82) is 0 Å². The van der Waals surface area contributed by atoms with Crippen LogP contribution >= 0.6 is 0 Å². The first-order valence-electron chi connectivity index (χ1n) is 4.76. The van der Waals surface area contributed by atoms with Gasteiger partial charge in [0.1, 0.15) is 0 Å². The maximum Gasteiger partial charge on any atom is 0.331 e. The molecule has 0 spiro atoms. The third-order valence-corrected chi connectivity index (χ3v) is 2.82. The minimum Gasteiger partial charge on any atom is -0.743 e. The van der Waals surface area contributed by atoms with Gasteiger partial charge in [-0.3, -0.25) is 0 Å². The van der Waals surface area contributed by atoms with Crippen LogP contribution in [0.3, 0.4) is 0 Å². The van der Waals surface area contributed by atoms with E-state index in [1.807, 2.05) is 0 Å². The van der Waals surface area contributed by atoms with E-state index in [1.54, 1.807) is 4.90 Å². The Balaban J connectivity index is 0. The molecule has 0 bridgehead atoms. The molecular weight excluding hydrogens is 228 g/mol. The predicted octanol–water partition coefficient (Wildman–Crippen LogP) is 0.0753. The van der Waals surface area contributed by atoms with E-state index in [-0.39, 0.29) is 6.92 Å². The minimum absolute atomic E-state index is 0.0370. The molecule has 1 N–H and O–H groups in total. The highest BCUT2D eigenvalue weighted by molar-refractivity contribution is 7.86. The summed E-state index contributed by atoms with van der Waals surface area (Å²) < 4.78 is 50.7. The number of halogens is 2. The quantitative estimate of drug-likeness (QED) is 0.715. The third kappa shape index (κ3) is 8.71. The van der Waals surface area contributed by atoms with Gasteiger partial charge in [-0.05, 0) is 20.8 Å². The normalized spacial score (nSPS) is 12.3. The van der Waals surface area contributed by atoms with Gasteiger partial charge >= 0.3 is 5.25 Å². The molecule has 0 heterocycles. The zero-order valence-electron chi connectivity index (χ0n) is 9.51. The monoisotopic (exact) mass is 247 g/mol. The molecule has 7 heteroatoms. The number of hydrogen-bond donors (Lipinski definition) is 1. The van der Waals surface area contributed by atoms with E-state index in [2.05, 4.69) is 20.8 Å². The van der Waals surface area contributed by atoms with Gasteiger partial charge in [0, 0.05) is 6.92 Å². The summed E-state index contributed by atoms with van der Waals surface area (Å²) >= 11 is 0. The fraction of sp³-hybridized carbons (Fsp3) is 1.00. The Bertz CT molecular complexity index is 240. The van der Waals surface area contributed by atoms with Crippen molar-refractivity contribution < 1.29 is 26.7 Å². The SMILES string of the molecule is CC(F)(F)S(=O)(=O)[O-].CC[NH+](CC)CC. The van der Waals surface area contributed by atoms with E-state index in [0.717, 1.165) is 0 Å². The Hall–Kier alpha value is -0.270. The molecule has 0 atom stereocenters. The second-order valence-corrected chi connectivity index (χ2v) is 4.70. The predicted molar refractivity (Wildman–Crippen MR) is 52.9 cm³/mol. The fourth-order valence-electron chi connectivity index (χ4n) is 0.750. The molecule has 0 aliphatic carbocycles. The van der Waals surface area contributed by atoms with Crippen LogP contribution in [0.15, 0.2) is 0 Å². The maximum atomic E-state index is 11.3. The molecule has 15 heavy (non-hydrogen) atoms. The number of rotatable bonds is 4. The average molecular weight is 247 g/mol. The Kier molecular flexibility index (Phi) is 8.09. The molecule has 0 aromatic rings. The lowest BCUT2D eigenvalue weighted by molar-refractivity contribution is -0.894. The topological polar surface area (TPSA) is 61.6 Å². The number of nitrogens with one attached hydrogen (secondary N) is 1. The van der Waals surface area contributed by atoms with E-state index in [0.29, 0.717) is 0 Å². The van der Waals surface area contributed by atoms with Crippen LogP contribution in [0.5, 0.6) is 0 Å². The van der Waals surface area contributed by atoms with E-state index in [4.69, 9.17) is 0 Å². The molecule has 0 amide bonds. The summed E-state index contributed by atoms with van der Waals surface area (Å²) in [7, 11) is -5.42. The second kappa shape index (κ2) is 7.08. The summed E-state index contributed by atoms with van der Waals surface area (Å²) in [6.07, 6.45) is 0. The van der Waals surface area contributed by atoms with Gasteiger partial charge in [-0.25, -0.2) is 8.42 Å². The lowest BCUT2D eigenvalue weighted by atomic mass is 10.5. The van der Waals surface area contributed by atoms with Gasteiger partial charge in [0.25, 0.3) is 0 Å². The highest BCUT2D eigenvalue weighted by Crippen LogP contribution is 2.17. The van der Waals surface area contributed by atoms with Crippen LogP contribution in [0, 0.1) is 0 Å². The molecule has 0 unspecified atom stereocenters. The molecule has 0 aliphatic rings. The Morgan fingerprint density at radius 1 is 1.13 bits per heavy atom. The van der Waals surface area contributed by atoms with Crippen LogP contribution in [-0.4, -0.2) is 37.9 Å². The van der Waals surface area contributed by atoms with Gasteiger partial charge < -0.3 is 9.45 Å². The first-order valence-corrected chi connectivity index (χ1v) is 6.17. The van der Waals surface area contributed by atoms with Crippen molar-refractivity contribution in [1.82, 2.24) is 0 Å². The Morgan fingerprint density at radius 2 is 1.33 bits per heavy atom. The van der Waals surface area contributed by atoms with Crippen LogP contribution in [0.25, 0.3) is 0 Å². The van der Waals surface area contributed by atoms with Gasteiger partial charge in [-0.2, -0.15) is 8.78 Å². The number of alkyl halides is 2. The Labute approximate surface area is 90.0 Å². The first kappa shape index (κ1) is 17.1. The zero-order chi connectivity index (χ0) is 12.7. The van der Waals surface area contributed by atoms with E-state index < -0.39 is 15.4 Å². The second-order valence-electron chi connectivity index (χ2n) is 3.07. The van der Waals surface area contributed by atoms with Gasteiger partial charge in [-0.15, -0.1) is 0 Å². The first-order chi connectivity index (χ1) is 6.60. The largest absolute Gasteiger partial charge is 0.743 e. The van der Waals surface area contributed by atoms with Crippen LogP contribution in [0.2, 0.25) is 0 Å². The van der Waals surface area contributed by atoms with Gasteiger partial charge in [0.05, 0.1) is 19.6 Å². The lowest BCUT2D eigenvalue weighted by Crippen LogP contribution is -3.11. The summed E-state index contributed by atoms with van der Waals surface area (Å²) in [4.78, 5) is 1.68. The maximum absolute atomic E-state index is 11.3. The van der Waals surface area contributed by atoms with Gasteiger partial charge in [0.15, 0.2) is 10.1 Å². The van der Waals surface area contributed by atoms with Crippen LogP contribution in [-0.2, 0) is 10.1 Å². The van der Waals surface area contributed by atoms with Crippen molar-refractivity contribution in [2.75, 3.05) is 19.6 Å². The molecule has 0 aromatic carbocycles. The lowest BCUT2D eigenvalue weighted by Gasteiger charge is -2.13. The van der Waals surface area contributed by atoms with Crippen molar-refractivity contribution in [3.8, 4) is 0 Å². The molecule has 0 saturated carbocycles. The summed E-state index contributed by atoms with van der Waals surface area (Å²) in [6.45, 7) is 10.5. The van der Waals surface area contributed by atoms with E-state index in [1.165, 1.54) is 19.6 Å². The molecule has 0 aromatic heterocycles. The summed E-state index contributed by atoms with van der Waals surface area (Å²) in [5.41, 5.74) is 0. The fourth-order valence-corrected chi connectivity index (χ4v) is 0.750. The van der Waals surface area contributed by atoms with Crippen molar-refractivity contribution in [3.63, 3.8) is 0 Å². The molecule has 4 nitrogen and oxygen atoms in total. The summed E-state index contributed by atoms with van der Waals surface area (Å²) in [5, 5.41) is -4.15. The molecule has 0 radical (unpaired) electrons.